The molecular formula is C11H14F3NO. The molecule has 0 amide bonds. The van der Waals surface area contributed by atoms with Gasteiger partial charge in [-0.1, -0.05) is 12.1 Å². The Labute approximate surface area is 91.9 Å². The average Bonchev–Trinajstić information content (AvgIpc) is 2.16. The lowest BCUT2D eigenvalue weighted by molar-refractivity contribution is -0.138. The molecule has 0 aromatic heterocycles. The number of hydrogen-bond donors (Lipinski definition) is 2. The summed E-state index contributed by atoms with van der Waals surface area (Å²) >= 11 is 0. The van der Waals surface area contributed by atoms with Gasteiger partial charge in [0, 0.05) is 0 Å². The first-order valence-electron chi connectivity index (χ1n) is 4.92. The molecule has 5 heteroatoms. The van der Waals surface area contributed by atoms with E-state index in [1.54, 1.807) is 0 Å². The van der Waals surface area contributed by atoms with Crippen LogP contribution in [0.5, 0.6) is 0 Å². The predicted molar refractivity (Wildman–Crippen MR) is 54.8 cm³/mol. The van der Waals surface area contributed by atoms with Gasteiger partial charge in [-0.2, -0.15) is 13.2 Å². The summed E-state index contributed by atoms with van der Waals surface area (Å²) in [6, 6.07) is 3.83. The average molecular weight is 233 g/mol. The standard InChI is InChI=1S/C11H14F3NO/c1-7-2-3-8(10(16)4-5-15)6-9(7)11(12,13)14/h2-3,6,10,16H,4-5,15H2,1H3/t10-/m1/s1. The lowest BCUT2D eigenvalue weighted by Gasteiger charge is -2.15. The minimum absolute atomic E-state index is 0.149. The Morgan fingerprint density at radius 2 is 2.00 bits per heavy atom. The van der Waals surface area contributed by atoms with Crippen LogP contribution in [0.4, 0.5) is 13.2 Å². The molecule has 16 heavy (non-hydrogen) atoms. The van der Waals surface area contributed by atoms with E-state index in [2.05, 4.69) is 0 Å². The Bertz CT molecular complexity index is 363. The number of halogens is 3. The van der Waals surface area contributed by atoms with Crippen molar-refractivity contribution in [2.75, 3.05) is 6.54 Å². The van der Waals surface area contributed by atoms with Gasteiger partial charge in [0.1, 0.15) is 0 Å². The molecule has 0 heterocycles. The van der Waals surface area contributed by atoms with Gasteiger partial charge in [0.25, 0.3) is 0 Å². The summed E-state index contributed by atoms with van der Waals surface area (Å²) in [5.74, 6) is 0. The Kier molecular flexibility index (Phi) is 3.93. The second kappa shape index (κ2) is 4.84. The molecule has 0 radical (unpaired) electrons. The SMILES string of the molecule is Cc1ccc([C@H](O)CCN)cc1C(F)(F)F. The second-order valence-corrected chi connectivity index (χ2v) is 3.67. The van der Waals surface area contributed by atoms with Crippen molar-refractivity contribution >= 4 is 0 Å². The normalized spacial score (nSPS) is 13.9. The first-order valence-corrected chi connectivity index (χ1v) is 4.92. The van der Waals surface area contributed by atoms with Crippen molar-refractivity contribution in [3.05, 3.63) is 34.9 Å². The molecule has 3 N–H and O–H groups in total. The molecule has 90 valence electrons. The van der Waals surface area contributed by atoms with E-state index >= 15 is 0 Å². The first-order chi connectivity index (χ1) is 7.36. The van der Waals surface area contributed by atoms with Crippen LogP contribution in [-0.4, -0.2) is 11.7 Å². The highest BCUT2D eigenvalue weighted by Gasteiger charge is 2.32. The van der Waals surface area contributed by atoms with E-state index in [1.165, 1.54) is 19.1 Å². The molecule has 0 saturated heterocycles. The maximum absolute atomic E-state index is 12.6. The van der Waals surface area contributed by atoms with Crippen LogP contribution in [0.15, 0.2) is 18.2 Å². The predicted octanol–water partition coefficient (Wildman–Crippen LogP) is 2.40. The fourth-order valence-electron chi connectivity index (χ4n) is 1.48. The summed E-state index contributed by atoms with van der Waals surface area (Å²) in [7, 11) is 0. The summed E-state index contributed by atoms with van der Waals surface area (Å²) < 4.78 is 37.7. The maximum atomic E-state index is 12.6. The van der Waals surface area contributed by atoms with Gasteiger partial charge in [-0.25, -0.2) is 0 Å². The molecule has 0 aliphatic heterocycles. The van der Waals surface area contributed by atoms with E-state index in [-0.39, 0.29) is 24.1 Å². The van der Waals surface area contributed by atoms with E-state index in [0.29, 0.717) is 0 Å². The molecule has 0 unspecified atom stereocenters. The summed E-state index contributed by atoms with van der Waals surface area (Å²) in [5.41, 5.74) is 4.93. The quantitative estimate of drug-likeness (QED) is 0.842. The van der Waals surface area contributed by atoms with Gasteiger partial charge < -0.3 is 10.8 Å². The molecule has 0 aliphatic rings. The molecule has 0 saturated carbocycles. The fraction of sp³-hybridized carbons (Fsp3) is 0.455. The van der Waals surface area contributed by atoms with Crippen molar-refractivity contribution in [1.82, 2.24) is 0 Å². The van der Waals surface area contributed by atoms with Crippen molar-refractivity contribution in [2.45, 2.75) is 25.6 Å². The highest BCUT2D eigenvalue weighted by Crippen LogP contribution is 2.33. The molecule has 1 atom stereocenters. The molecule has 1 aromatic carbocycles. The van der Waals surface area contributed by atoms with Crippen molar-refractivity contribution in [1.29, 1.82) is 0 Å². The van der Waals surface area contributed by atoms with Crippen LogP contribution in [0.1, 0.15) is 29.2 Å². The monoisotopic (exact) mass is 233 g/mol. The molecule has 0 bridgehead atoms. The third-order valence-electron chi connectivity index (χ3n) is 2.39. The molecule has 0 aliphatic carbocycles. The summed E-state index contributed by atoms with van der Waals surface area (Å²) in [5, 5.41) is 9.55. The van der Waals surface area contributed by atoms with Gasteiger partial charge in [-0.05, 0) is 37.1 Å². The van der Waals surface area contributed by atoms with E-state index in [1.807, 2.05) is 0 Å². The minimum atomic E-state index is -4.39. The molecule has 2 nitrogen and oxygen atoms in total. The van der Waals surface area contributed by atoms with Crippen LogP contribution in [0, 0.1) is 6.92 Å². The Hall–Kier alpha value is -1.07. The van der Waals surface area contributed by atoms with E-state index in [4.69, 9.17) is 5.73 Å². The second-order valence-electron chi connectivity index (χ2n) is 3.67. The van der Waals surface area contributed by atoms with Crippen LogP contribution in [0.2, 0.25) is 0 Å². The summed E-state index contributed by atoms with van der Waals surface area (Å²) in [6.45, 7) is 1.62. The minimum Gasteiger partial charge on any atom is -0.388 e. The van der Waals surface area contributed by atoms with Crippen molar-refractivity contribution in [3.8, 4) is 0 Å². The number of benzene rings is 1. The third kappa shape index (κ3) is 2.96. The van der Waals surface area contributed by atoms with Crippen molar-refractivity contribution in [2.24, 2.45) is 5.73 Å². The van der Waals surface area contributed by atoms with Crippen LogP contribution in [-0.2, 0) is 6.18 Å². The number of nitrogens with two attached hydrogens (primary N) is 1. The summed E-state index contributed by atoms with van der Waals surface area (Å²) in [6.07, 6.45) is -5.07. The van der Waals surface area contributed by atoms with Gasteiger partial charge in [0.15, 0.2) is 0 Å². The highest BCUT2D eigenvalue weighted by molar-refractivity contribution is 5.34. The largest absolute Gasteiger partial charge is 0.416 e. The molecule has 0 spiro atoms. The van der Waals surface area contributed by atoms with Gasteiger partial charge in [0.2, 0.25) is 0 Å². The van der Waals surface area contributed by atoms with Gasteiger partial charge in [0.05, 0.1) is 11.7 Å². The zero-order chi connectivity index (χ0) is 12.3. The van der Waals surface area contributed by atoms with Gasteiger partial charge in [-0.15, -0.1) is 0 Å². The van der Waals surface area contributed by atoms with E-state index in [0.717, 1.165) is 6.07 Å². The smallest absolute Gasteiger partial charge is 0.388 e. The Morgan fingerprint density at radius 3 is 2.50 bits per heavy atom. The number of hydrogen-bond acceptors (Lipinski definition) is 2. The van der Waals surface area contributed by atoms with Gasteiger partial charge in [-0.3, -0.25) is 0 Å². The molecule has 0 fully saturated rings. The fourth-order valence-corrected chi connectivity index (χ4v) is 1.48. The maximum Gasteiger partial charge on any atom is 0.416 e. The number of aliphatic hydroxyl groups excluding tert-OH is 1. The Balaban J connectivity index is 3.07. The van der Waals surface area contributed by atoms with Crippen molar-refractivity contribution < 1.29 is 18.3 Å². The highest BCUT2D eigenvalue weighted by atomic mass is 19.4. The first kappa shape index (κ1) is 13.0. The van der Waals surface area contributed by atoms with Crippen LogP contribution in [0.25, 0.3) is 0 Å². The van der Waals surface area contributed by atoms with E-state index in [9.17, 15) is 18.3 Å². The number of rotatable bonds is 3. The number of aliphatic hydroxyl groups is 1. The topological polar surface area (TPSA) is 46.2 Å². The van der Waals surface area contributed by atoms with E-state index < -0.39 is 17.8 Å². The van der Waals surface area contributed by atoms with Crippen LogP contribution >= 0.6 is 0 Å². The van der Waals surface area contributed by atoms with Crippen LogP contribution in [0.3, 0.4) is 0 Å². The summed E-state index contributed by atoms with van der Waals surface area (Å²) in [4.78, 5) is 0. The number of aryl methyl sites for hydroxylation is 1. The van der Waals surface area contributed by atoms with Crippen LogP contribution < -0.4 is 5.73 Å². The number of alkyl halides is 3. The zero-order valence-electron chi connectivity index (χ0n) is 8.88. The molecule has 1 rings (SSSR count). The lowest BCUT2D eigenvalue weighted by atomic mass is 10.00. The lowest BCUT2D eigenvalue weighted by Crippen LogP contribution is -2.11. The van der Waals surface area contributed by atoms with Gasteiger partial charge >= 0.3 is 6.18 Å². The molecular weight excluding hydrogens is 219 g/mol. The molecule has 1 aromatic rings. The van der Waals surface area contributed by atoms with Crippen molar-refractivity contribution in [3.63, 3.8) is 0 Å². The zero-order valence-corrected chi connectivity index (χ0v) is 8.88. The Morgan fingerprint density at radius 1 is 1.38 bits per heavy atom. The third-order valence-corrected chi connectivity index (χ3v) is 2.39.